The number of morpholine rings is 1. The van der Waals surface area contributed by atoms with Gasteiger partial charge in [-0.15, -0.1) is 0 Å². The molecule has 0 radical (unpaired) electrons. The Kier molecular flexibility index (Phi) is 4.74. The van der Waals surface area contributed by atoms with Gasteiger partial charge in [0.15, 0.2) is 0 Å². The van der Waals surface area contributed by atoms with E-state index in [1.54, 1.807) is 29.2 Å². The molecule has 1 amide bonds. The molecule has 0 spiro atoms. The van der Waals surface area contributed by atoms with Crippen molar-refractivity contribution in [2.45, 2.75) is 20.1 Å². The van der Waals surface area contributed by atoms with Crippen LogP contribution in [-0.2, 0) is 14.3 Å². The van der Waals surface area contributed by atoms with Crippen LogP contribution in [0.25, 0.3) is 0 Å². The van der Waals surface area contributed by atoms with Crippen molar-refractivity contribution >= 4 is 11.9 Å². The van der Waals surface area contributed by atoms with E-state index in [0.29, 0.717) is 31.2 Å². The fourth-order valence-corrected chi connectivity index (χ4v) is 2.05. The summed E-state index contributed by atoms with van der Waals surface area (Å²) in [6.07, 6.45) is -1.13. The van der Waals surface area contributed by atoms with Gasteiger partial charge in [-0.25, -0.2) is 4.79 Å². The summed E-state index contributed by atoms with van der Waals surface area (Å²) in [5.74, 6) is -0.466. The van der Waals surface area contributed by atoms with Crippen LogP contribution in [0.2, 0.25) is 0 Å². The van der Waals surface area contributed by atoms with Crippen molar-refractivity contribution in [3.05, 3.63) is 35.9 Å². The average Bonchev–Trinajstić information content (AvgIpc) is 2.43. The van der Waals surface area contributed by atoms with E-state index in [2.05, 4.69) is 0 Å². The van der Waals surface area contributed by atoms with Gasteiger partial charge < -0.3 is 14.4 Å². The van der Waals surface area contributed by atoms with Crippen LogP contribution in [-0.4, -0.2) is 42.8 Å². The highest BCUT2D eigenvalue weighted by molar-refractivity contribution is 5.92. The number of esters is 1. The van der Waals surface area contributed by atoms with Crippen molar-refractivity contribution < 1.29 is 19.1 Å². The Morgan fingerprint density at radius 2 is 2.10 bits per heavy atom. The molecule has 1 heterocycles. The minimum Gasteiger partial charge on any atom is -0.422 e. The number of amides is 1. The molecule has 2 rings (SSSR count). The number of carbonyl (C=O) groups excluding carboxylic acids is 2. The molecule has 1 atom stereocenters. The van der Waals surface area contributed by atoms with Crippen molar-refractivity contribution in [3.63, 3.8) is 0 Å². The van der Waals surface area contributed by atoms with Gasteiger partial charge in [-0.3, -0.25) is 4.79 Å². The van der Waals surface area contributed by atoms with E-state index in [0.717, 1.165) is 0 Å². The van der Waals surface area contributed by atoms with E-state index in [-0.39, 0.29) is 5.91 Å². The minimum absolute atomic E-state index is 0.283. The molecule has 0 aromatic heterocycles. The summed E-state index contributed by atoms with van der Waals surface area (Å²) in [6.45, 7) is 5.63. The maximum absolute atomic E-state index is 12.2. The predicted octanol–water partition coefficient (Wildman–Crippen LogP) is 1.68. The largest absolute Gasteiger partial charge is 0.422 e. The van der Waals surface area contributed by atoms with Crippen LogP contribution in [0, 0.1) is 5.92 Å². The van der Waals surface area contributed by atoms with Crippen LogP contribution >= 0.6 is 0 Å². The lowest BCUT2D eigenvalue weighted by molar-refractivity contribution is -0.184. The molecule has 20 heavy (non-hydrogen) atoms. The smallest absolute Gasteiger partial charge is 0.340 e. The zero-order valence-corrected chi connectivity index (χ0v) is 11.7. The normalized spacial score (nSPS) is 19.2. The highest BCUT2D eigenvalue weighted by Crippen LogP contribution is 2.13. The van der Waals surface area contributed by atoms with Crippen molar-refractivity contribution in [1.29, 1.82) is 0 Å². The van der Waals surface area contributed by atoms with E-state index in [9.17, 15) is 9.59 Å². The Morgan fingerprint density at radius 3 is 2.75 bits per heavy atom. The van der Waals surface area contributed by atoms with E-state index >= 15 is 0 Å². The summed E-state index contributed by atoms with van der Waals surface area (Å²) < 4.78 is 10.4. The van der Waals surface area contributed by atoms with Gasteiger partial charge in [-0.1, -0.05) is 32.0 Å². The summed E-state index contributed by atoms with van der Waals surface area (Å²) in [7, 11) is 0. The first-order valence-electron chi connectivity index (χ1n) is 6.74. The highest BCUT2D eigenvalue weighted by Gasteiger charge is 2.33. The number of nitrogens with zero attached hydrogens (tertiary/aromatic N) is 1. The third-order valence-corrected chi connectivity index (χ3v) is 2.95. The number of hydrogen-bond donors (Lipinski definition) is 0. The monoisotopic (exact) mass is 277 g/mol. The second-order valence-corrected chi connectivity index (χ2v) is 5.15. The molecule has 1 saturated heterocycles. The average molecular weight is 277 g/mol. The number of rotatable bonds is 4. The Bertz CT molecular complexity index is 472. The van der Waals surface area contributed by atoms with Gasteiger partial charge in [0.25, 0.3) is 12.2 Å². The third-order valence-electron chi connectivity index (χ3n) is 2.95. The van der Waals surface area contributed by atoms with Gasteiger partial charge in [-0.05, 0) is 18.1 Å². The van der Waals surface area contributed by atoms with E-state index in [1.807, 2.05) is 19.9 Å². The second kappa shape index (κ2) is 6.52. The van der Waals surface area contributed by atoms with Gasteiger partial charge in [-0.2, -0.15) is 0 Å². The summed E-state index contributed by atoms with van der Waals surface area (Å²) in [4.78, 5) is 25.7. The SMILES string of the molecule is CC(C)CN1CCOC(OC(=O)c2ccccc2)C1=O. The summed E-state index contributed by atoms with van der Waals surface area (Å²) in [5, 5.41) is 0. The first-order valence-corrected chi connectivity index (χ1v) is 6.74. The highest BCUT2D eigenvalue weighted by atomic mass is 16.7. The number of ether oxygens (including phenoxy) is 2. The molecule has 1 unspecified atom stereocenters. The topological polar surface area (TPSA) is 55.8 Å². The van der Waals surface area contributed by atoms with Crippen LogP contribution < -0.4 is 0 Å². The molecule has 1 aliphatic rings. The van der Waals surface area contributed by atoms with E-state index < -0.39 is 12.3 Å². The molecular weight excluding hydrogens is 258 g/mol. The molecule has 0 bridgehead atoms. The zero-order chi connectivity index (χ0) is 14.5. The van der Waals surface area contributed by atoms with Crippen molar-refractivity contribution in [3.8, 4) is 0 Å². The Hall–Kier alpha value is -1.88. The number of hydrogen-bond acceptors (Lipinski definition) is 4. The molecule has 1 fully saturated rings. The molecule has 0 aliphatic carbocycles. The van der Waals surface area contributed by atoms with Crippen LogP contribution in [0.3, 0.4) is 0 Å². The summed E-state index contributed by atoms with van der Waals surface area (Å²) in [5.41, 5.74) is 0.407. The summed E-state index contributed by atoms with van der Waals surface area (Å²) in [6, 6.07) is 8.57. The Labute approximate surface area is 118 Å². The quantitative estimate of drug-likeness (QED) is 0.786. The summed E-state index contributed by atoms with van der Waals surface area (Å²) >= 11 is 0. The van der Waals surface area contributed by atoms with Crippen LogP contribution in [0.15, 0.2) is 30.3 Å². The number of benzene rings is 1. The Morgan fingerprint density at radius 1 is 1.40 bits per heavy atom. The van der Waals surface area contributed by atoms with Crippen LogP contribution in [0.5, 0.6) is 0 Å². The maximum Gasteiger partial charge on any atom is 0.340 e. The lowest BCUT2D eigenvalue weighted by Crippen LogP contribution is -2.50. The lowest BCUT2D eigenvalue weighted by Gasteiger charge is -2.32. The van der Waals surface area contributed by atoms with Gasteiger partial charge in [0.05, 0.1) is 12.2 Å². The van der Waals surface area contributed by atoms with Crippen molar-refractivity contribution in [2.24, 2.45) is 5.92 Å². The van der Waals surface area contributed by atoms with Crippen molar-refractivity contribution in [2.75, 3.05) is 19.7 Å². The van der Waals surface area contributed by atoms with Gasteiger partial charge in [0.2, 0.25) is 0 Å². The molecule has 108 valence electrons. The van der Waals surface area contributed by atoms with Gasteiger partial charge >= 0.3 is 5.97 Å². The second-order valence-electron chi connectivity index (χ2n) is 5.15. The molecule has 5 heteroatoms. The molecule has 5 nitrogen and oxygen atoms in total. The first kappa shape index (κ1) is 14.5. The maximum atomic E-state index is 12.2. The molecule has 1 aromatic rings. The van der Waals surface area contributed by atoms with Gasteiger partial charge in [0, 0.05) is 13.1 Å². The predicted molar refractivity (Wildman–Crippen MR) is 73.0 cm³/mol. The van der Waals surface area contributed by atoms with E-state index in [4.69, 9.17) is 9.47 Å². The molecule has 0 N–H and O–H groups in total. The third kappa shape index (κ3) is 3.57. The standard InChI is InChI=1S/C15H19NO4/c1-11(2)10-16-8-9-19-15(13(16)17)20-14(18)12-6-4-3-5-7-12/h3-7,11,15H,8-10H2,1-2H3. The van der Waals surface area contributed by atoms with Crippen LogP contribution in [0.1, 0.15) is 24.2 Å². The first-order chi connectivity index (χ1) is 9.58. The molecule has 1 aliphatic heterocycles. The zero-order valence-electron chi connectivity index (χ0n) is 11.7. The molecule has 0 saturated carbocycles. The minimum atomic E-state index is -1.13. The fraction of sp³-hybridized carbons (Fsp3) is 0.467. The van der Waals surface area contributed by atoms with Crippen LogP contribution in [0.4, 0.5) is 0 Å². The van der Waals surface area contributed by atoms with Gasteiger partial charge in [0.1, 0.15) is 0 Å². The Balaban J connectivity index is 1.98. The molecule has 1 aromatic carbocycles. The lowest BCUT2D eigenvalue weighted by atomic mass is 10.2. The van der Waals surface area contributed by atoms with Crippen molar-refractivity contribution in [1.82, 2.24) is 4.90 Å². The van der Waals surface area contributed by atoms with E-state index in [1.165, 1.54) is 0 Å². The fourth-order valence-electron chi connectivity index (χ4n) is 2.05. The molecular formula is C15H19NO4. The number of carbonyl (C=O) groups is 2.